The lowest BCUT2D eigenvalue weighted by molar-refractivity contribution is 0.322. The molecule has 0 spiro atoms. The number of oxime groups is 1. The van der Waals surface area contributed by atoms with Gasteiger partial charge in [-0.05, 0) is 53.4 Å². The van der Waals surface area contributed by atoms with Crippen molar-refractivity contribution < 1.29 is 5.21 Å². The van der Waals surface area contributed by atoms with E-state index in [0.29, 0.717) is 0 Å². The van der Waals surface area contributed by atoms with Gasteiger partial charge in [-0.15, -0.1) is 0 Å². The minimum Gasteiger partial charge on any atom is -0.411 e. The average molecular weight is 327 g/mol. The monoisotopic (exact) mass is 327 g/mol. The third-order valence-electron chi connectivity index (χ3n) is 4.36. The summed E-state index contributed by atoms with van der Waals surface area (Å²) >= 11 is 0. The van der Waals surface area contributed by atoms with Crippen LogP contribution in [0.3, 0.4) is 0 Å². The number of rotatable bonds is 3. The summed E-state index contributed by atoms with van der Waals surface area (Å²) in [4.78, 5) is 4.48. The van der Waals surface area contributed by atoms with Gasteiger partial charge in [0.15, 0.2) is 0 Å². The largest absolute Gasteiger partial charge is 0.411 e. The lowest BCUT2D eigenvalue weighted by Crippen LogP contribution is -1.93. The van der Waals surface area contributed by atoms with E-state index in [9.17, 15) is 0 Å². The second kappa shape index (κ2) is 6.24. The molecule has 0 aliphatic heterocycles. The molecule has 0 atom stereocenters. The predicted molar refractivity (Wildman–Crippen MR) is 101 cm³/mol. The maximum Gasteiger partial charge on any atom is 0.100 e. The van der Waals surface area contributed by atoms with E-state index in [1.165, 1.54) is 22.9 Å². The molecule has 4 aromatic rings. The molecule has 0 amide bonds. The first-order valence-corrected chi connectivity index (χ1v) is 8.07. The number of nitrogens with zero attached hydrogens (tertiary/aromatic N) is 3. The summed E-state index contributed by atoms with van der Waals surface area (Å²) in [7, 11) is 0. The van der Waals surface area contributed by atoms with Crippen molar-refractivity contribution in [1.82, 2.24) is 9.55 Å². The molecule has 0 aliphatic rings. The zero-order valence-electron chi connectivity index (χ0n) is 13.8. The first-order valence-electron chi connectivity index (χ1n) is 8.07. The minimum absolute atomic E-state index is 0.814. The molecule has 0 radical (unpaired) electrons. The highest BCUT2D eigenvalue weighted by Gasteiger charge is 2.07. The highest BCUT2D eigenvalue weighted by molar-refractivity contribution is 5.87. The van der Waals surface area contributed by atoms with Gasteiger partial charge in [0.2, 0.25) is 0 Å². The van der Waals surface area contributed by atoms with Crippen molar-refractivity contribution in [1.29, 1.82) is 0 Å². The zero-order valence-corrected chi connectivity index (χ0v) is 13.8. The van der Waals surface area contributed by atoms with E-state index in [1.807, 2.05) is 24.5 Å². The van der Waals surface area contributed by atoms with E-state index in [2.05, 4.69) is 70.2 Å². The van der Waals surface area contributed by atoms with Crippen molar-refractivity contribution in [2.45, 2.75) is 6.92 Å². The summed E-state index contributed by atoms with van der Waals surface area (Å²) in [6, 6.07) is 22.6. The van der Waals surface area contributed by atoms with Crippen LogP contribution in [0.2, 0.25) is 0 Å². The maximum atomic E-state index is 8.68. The van der Waals surface area contributed by atoms with Crippen LogP contribution in [0.5, 0.6) is 0 Å². The Morgan fingerprint density at radius 1 is 1.00 bits per heavy atom. The van der Waals surface area contributed by atoms with Crippen LogP contribution in [0.15, 0.2) is 78.2 Å². The first-order chi connectivity index (χ1) is 12.3. The quantitative estimate of drug-likeness (QED) is 0.333. The molecule has 1 heterocycles. The summed E-state index contributed by atoms with van der Waals surface area (Å²) in [5.74, 6) is 0. The fraction of sp³-hybridized carbons (Fsp3) is 0.0476. The zero-order chi connectivity index (χ0) is 17.2. The van der Waals surface area contributed by atoms with Gasteiger partial charge in [0.1, 0.15) is 6.33 Å². The molecular weight excluding hydrogens is 310 g/mol. The summed E-state index contributed by atoms with van der Waals surface area (Å²) in [5.41, 5.74) is 7.41. The van der Waals surface area contributed by atoms with Gasteiger partial charge in [0.05, 0.1) is 17.2 Å². The van der Waals surface area contributed by atoms with Crippen molar-refractivity contribution in [3.05, 3.63) is 84.2 Å². The molecule has 1 aromatic heterocycles. The van der Waals surface area contributed by atoms with Gasteiger partial charge in [0.25, 0.3) is 0 Å². The lowest BCUT2D eigenvalue weighted by atomic mass is 10.0. The number of aromatic nitrogens is 2. The average Bonchev–Trinajstić information content (AvgIpc) is 3.06. The van der Waals surface area contributed by atoms with Gasteiger partial charge in [0, 0.05) is 5.69 Å². The molecule has 122 valence electrons. The van der Waals surface area contributed by atoms with Crippen LogP contribution in [-0.4, -0.2) is 21.0 Å². The second-order valence-electron chi connectivity index (χ2n) is 5.97. The Hall–Kier alpha value is -3.40. The molecule has 4 nitrogen and oxygen atoms in total. The number of imidazole rings is 1. The van der Waals surface area contributed by atoms with Crippen LogP contribution in [0.1, 0.15) is 11.1 Å². The van der Waals surface area contributed by atoms with Crippen molar-refractivity contribution >= 4 is 17.2 Å². The van der Waals surface area contributed by atoms with Crippen LogP contribution in [0.4, 0.5) is 0 Å². The Morgan fingerprint density at radius 3 is 2.72 bits per heavy atom. The van der Waals surface area contributed by atoms with Crippen LogP contribution in [0, 0.1) is 6.92 Å². The van der Waals surface area contributed by atoms with E-state index < -0.39 is 0 Å². The number of aryl methyl sites for hydroxylation is 1. The Labute approximate surface area is 145 Å². The van der Waals surface area contributed by atoms with Crippen LogP contribution in [-0.2, 0) is 0 Å². The van der Waals surface area contributed by atoms with Crippen LogP contribution < -0.4 is 0 Å². The number of hydrogen-bond donors (Lipinski definition) is 1. The van der Waals surface area contributed by atoms with Crippen molar-refractivity contribution in [2.24, 2.45) is 5.16 Å². The first kappa shape index (κ1) is 15.1. The Morgan fingerprint density at radius 2 is 1.88 bits per heavy atom. The minimum atomic E-state index is 0.814. The molecule has 0 bridgehead atoms. The molecule has 0 fully saturated rings. The fourth-order valence-electron chi connectivity index (χ4n) is 3.10. The van der Waals surface area contributed by atoms with E-state index >= 15 is 0 Å². The van der Waals surface area contributed by atoms with E-state index in [4.69, 9.17) is 5.21 Å². The number of fused-ring (bicyclic) bond motifs is 1. The number of benzene rings is 3. The standard InChI is InChI=1S/C21H17N3O/c1-15-5-2-3-8-19(15)17-6-4-7-18(12-17)24-14-22-20-11-16(13-23-25)9-10-21(20)24/h2-14,25H,1H3. The molecule has 0 aliphatic carbocycles. The van der Waals surface area contributed by atoms with E-state index in [1.54, 1.807) is 0 Å². The van der Waals surface area contributed by atoms with E-state index in [0.717, 1.165) is 22.3 Å². The molecular formula is C21H17N3O. The topological polar surface area (TPSA) is 50.4 Å². The number of hydrogen-bond acceptors (Lipinski definition) is 3. The van der Waals surface area contributed by atoms with Crippen LogP contribution in [0.25, 0.3) is 27.8 Å². The Bertz CT molecular complexity index is 1080. The normalized spacial score (nSPS) is 11.4. The third kappa shape index (κ3) is 2.78. The summed E-state index contributed by atoms with van der Waals surface area (Å²) in [6.45, 7) is 2.12. The Kier molecular flexibility index (Phi) is 3.78. The predicted octanol–water partition coefficient (Wildman–Crippen LogP) is 4.81. The molecule has 1 N–H and O–H groups in total. The van der Waals surface area contributed by atoms with Gasteiger partial charge >= 0.3 is 0 Å². The Balaban J connectivity index is 1.82. The third-order valence-corrected chi connectivity index (χ3v) is 4.36. The maximum absolute atomic E-state index is 8.68. The fourth-order valence-corrected chi connectivity index (χ4v) is 3.10. The van der Waals surface area contributed by atoms with Gasteiger partial charge in [-0.2, -0.15) is 0 Å². The van der Waals surface area contributed by atoms with Crippen LogP contribution >= 0.6 is 0 Å². The molecule has 4 rings (SSSR count). The molecule has 25 heavy (non-hydrogen) atoms. The molecule has 4 heteroatoms. The highest BCUT2D eigenvalue weighted by atomic mass is 16.4. The second-order valence-corrected chi connectivity index (χ2v) is 5.97. The molecule has 0 saturated heterocycles. The highest BCUT2D eigenvalue weighted by Crippen LogP contribution is 2.26. The van der Waals surface area contributed by atoms with Crippen molar-refractivity contribution in [3.63, 3.8) is 0 Å². The summed E-state index contributed by atoms with van der Waals surface area (Å²) in [5, 5.41) is 11.8. The summed E-state index contributed by atoms with van der Waals surface area (Å²) in [6.07, 6.45) is 3.22. The van der Waals surface area contributed by atoms with Crippen molar-refractivity contribution in [2.75, 3.05) is 0 Å². The van der Waals surface area contributed by atoms with Crippen molar-refractivity contribution in [3.8, 4) is 16.8 Å². The SMILES string of the molecule is Cc1ccccc1-c1cccc(-n2cnc3cc(C=NO)ccc32)c1. The molecule has 0 unspecified atom stereocenters. The molecule has 0 saturated carbocycles. The lowest BCUT2D eigenvalue weighted by Gasteiger charge is -2.09. The smallest absolute Gasteiger partial charge is 0.100 e. The summed E-state index contributed by atoms with van der Waals surface area (Å²) < 4.78 is 2.07. The van der Waals surface area contributed by atoms with Gasteiger partial charge in [-0.1, -0.05) is 47.6 Å². The van der Waals surface area contributed by atoms with Gasteiger partial charge in [-0.25, -0.2) is 4.98 Å². The van der Waals surface area contributed by atoms with Gasteiger partial charge in [-0.3, -0.25) is 4.57 Å². The van der Waals surface area contributed by atoms with Gasteiger partial charge < -0.3 is 5.21 Å². The molecule has 3 aromatic carbocycles. The van der Waals surface area contributed by atoms with E-state index in [-0.39, 0.29) is 0 Å².